The van der Waals surface area contributed by atoms with Gasteiger partial charge in [0.05, 0.1) is 5.75 Å². The Labute approximate surface area is 162 Å². The molecule has 1 saturated heterocycles. The fourth-order valence-corrected chi connectivity index (χ4v) is 3.71. The Kier molecular flexibility index (Phi) is 7.98. The van der Waals surface area contributed by atoms with Gasteiger partial charge in [-0.1, -0.05) is 44.2 Å². The maximum Gasteiger partial charge on any atom is 0.193 e. The van der Waals surface area contributed by atoms with E-state index in [9.17, 15) is 8.42 Å². The normalized spacial score (nSPS) is 21.5. The van der Waals surface area contributed by atoms with E-state index in [-0.39, 0.29) is 40.9 Å². The second kappa shape index (κ2) is 9.03. The predicted molar refractivity (Wildman–Crippen MR) is 111 cm³/mol. The van der Waals surface area contributed by atoms with E-state index >= 15 is 0 Å². The van der Waals surface area contributed by atoms with E-state index in [0.29, 0.717) is 6.54 Å². The zero-order valence-corrected chi connectivity index (χ0v) is 17.8. The smallest absolute Gasteiger partial charge is 0.193 e. The highest BCUT2D eigenvalue weighted by molar-refractivity contribution is 14.0. The molecule has 1 heterocycles. The van der Waals surface area contributed by atoms with Crippen LogP contribution in [0, 0.1) is 0 Å². The molecule has 1 aromatic carbocycles. The number of sulfone groups is 1. The van der Waals surface area contributed by atoms with Crippen molar-refractivity contribution in [3.05, 3.63) is 35.9 Å². The number of benzene rings is 1. The Morgan fingerprint density at radius 1 is 1.33 bits per heavy atom. The van der Waals surface area contributed by atoms with E-state index in [0.717, 1.165) is 25.5 Å². The molecule has 0 amide bonds. The topological polar surface area (TPSA) is 61.8 Å². The Morgan fingerprint density at radius 3 is 2.58 bits per heavy atom. The van der Waals surface area contributed by atoms with E-state index in [1.165, 1.54) is 5.56 Å². The average molecular weight is 465 g/mol. The molecule has 1 aliphatic heterocycles. The largest absolute Gasteiger partial charge is 0.355 e. The number of nitrogens with one attached hydrogen (secondary N) is 1. The molecule has 136 valence electrons. The Morgan fingerprint density at radius 2 is 2.00 bits per heavy atom. The van der Waals surface area contributed by atoms with Crippen molar-refractivity contribution < 1.29 is 8.42 Å². The second-order valence-electron chi connectivity index (χ2n) is 6.31. The van der Waals surface area contributed by atoms with Crippen LogP contribution in [-0.4, -0.2) is 57.5 Å². The molecule has 5 nitrogen and oxygen atoms in total. The van der Waals surface area contributed by atoms with Gasteiger partial charge in [-0.25, -0.2) is 8.42 Å². The highest BCUT2D eigenvalue weighted by atomic mass is 127. The Balaban J connectivity index is 0.00000288. The zero-order valence-electron chi connectivity index (χ0n) is 14.7. The highest BCUT2D eigenvalue weighted by Crippen LogP contribution is 2.33. The Hall–Kier alpha value is -0.830. The van der Waals surface area contributed by atoms with Gasteiger partial charge < -0.3 is 10.2 Å². The summed E-state index contributed by atoms with van der Waals surface area (Å²) in [6.07, 6.45) is 1.06. The Bertz CT molecular complexity index is 649. The fourth-order valence-electron chi connectivity index (χ4n) is 3.01. The van der Waals surface area contributed by atoms with Crippen molar-refractivity contribution in [1.29, 1.82) is 0 Å². The molecule has 1 aliphatic rings. The lowest BCUT2D eigenvalue weighted by Gasteiger charge is -2.27. The van der Waals surface area contributed by atoms with Gasteiger partial charge in [-0.2, -0.15) is 0 Å². The predicted octanol–water partition coefficient (Wildman–Crippen LogP) is 2.28. The molecule has 1 N–H and O–H groups in total. The molecule has 0 saturated carbocycles. The first kappa shape index (κ1) is 21.2. The van der Waals surface area contributed by atoms with E-state index in [4.69, 9.17) is 0 Å². The minimum Gasteiger partial charge on any atom is -0.355 e. The number of halogens is 1. The summed E-state index contributed by atoms with van der Waals surface area (Å²) >= 11 is 0. The van der Waals surface area contributed by atoms with Gasteiger partial charge in [-0.15, -0.1) is 24.0 Å². The second-order valence-corrected chi connectivity index (χ2v) is 8.78. The van der Waals surface area contributed by atoms with Crippen LogP contribution < -0.4 is 5.32 Å². The summed E-state index contributed by atoms with van der Waals surface area (Å²) in [6.45, 7) is 6.16. The number of likely N-dealkylation sites (tertiary alicyclic amines) is 1. The summed E-state index contributed by atoms with van der Waals surface area (Å²) in [5.74, 6) is 1.12. The lowest BCUT2D eigenvalue weighted by atomic mass is 9.82. The summed E-state index contributed by atoms with van der Waals surface area (Å²) in [7, 11) is -1.20. The number of aliphatic imine (C=N–C) groups is 1. The number of rotatable bonds is 5. The van der Waals surface area contributed by atoms with Crippen LogP contribution in [0.2, 0.25) is 0 Å². The molecule has 1 atom stereocenters. The summed E-state index contributed by atoms with van der Waals surface area (Å²) in [4.78, 5) is 6.53. The first-order valence-corrected chi connectivity index (χ1v) is 9.94. The van der Waals surface area contributed by atoms with Gasteiger partial charge in [-0.05, 0) is 12.0 Å². The van der Waals surface area contributed by atoms with Crippen LogP contribution in [0.4, 0.5) is 0 Å². The third kappa shape index (κ3) is 5.34. The van der Waals surface area contributed by atoms with Gasteiger partial charge in [0.25, 0.3) is 0 Å². The summed E-state index contributed by atoms with van der Waals surface area (Å²) in [5.41, 5.74) is 1.44. The van der Waals surface area contributed by atoms with Crippen LogP contribution in [-0.2, 0) is 15.3 Å². The number of hydrogen-bond acceptors (Lipinski definition) is 3. The van der Waals surface area contributed by atoms with E-state index in [2.05, 4.69) is 46.4 Å². The van der Waals surface area contributed by atoms with Gasteiger partial charge in [-0.3, -0.25) is 4.99 Å². The first-order chi connectivity index (χ1) is 10.9. The van der Waals surface area contributed by atoms with Gasteiger partial charge in [0.15, 0.2) is 15.8 Å². The molecule has 0 aromatic heterocycles. The number of nitrogens with zero attached hydrogens (tertiary/aromatic N) is 2. The maximum absolute atomic E-state index is 11.6. The van der Waals surface area contributed by atoms with Crippen LogP contribution in [0.15, 0.2) is 35.3 Å². The summed E-state index contributed by atoms with van der Waals surface area (Å²) < 4.78 is 23.2. The molecule has 0 spiro atoms. The summed E-state index contributed by atoms with van der Waals surface area (Å²) in [5, 5.41) is 3.19. The SMILES string of the molecule is CCS(=O)(=O)CCNC(=NC)N1CCC(C)(c2ccccc2)C1.I. The van der Waals surface area contributed by atoms with Crippen molar-refractivity contribution in [2.45, 2.75) is 25.7 Å². The van der Waals surface area contributed by atoms with E-state index in [1.54, 1.807) is 14.0 Å². The monoisotopic (exact) mass is 465 g/mol. The van der Waals surface area contributed by atoms with Crippen molar-refractivity contribution >= 4 is 39.8 Å². The fraction of sp³-hybridized carbons (Fsp3) is 0.588. The number of guanidine groups is 1. The lowest BCUT2D eigenvalue weighted by Crippen LogP contribution is -2.43. The van der Waals surface area contributed by atoms with Gasteiger partial charge in [0.1, 0.15) is 0 Å². The van der Waals surface area contributed by atoms with Gasteiger partial charge in [0, 0.05) is 37.8 Å². The van der Waals surface area contributed by atoms with Gasteiger partial charge >= 0.3 is 0 Å². The summed E-state index contributed by atoms with van der Waals surface area (Å²) in [6, 6.07) is 10.5. The molecule has 0 radical (unpaired) electrons. The lowest BCUT2D eigenvalue weighted by molar-refractivity contribution is 0.440. The molecular weight excluding hydrogens is 437 g/mol. The third-order valence-corrected chi connectivity index (χ3v) is 6.30. The molecule has 24 heavy (non-hydrogen) atoms. The molecule has 1 aromatic rings. The molecule has 1 unspecified atom stereocenters. The molecule has 1 fully saturated rings. The van der Waals surface area contributed by atoms with Crippen LogP contribution in [0.25, 0.3) is 0 Å². The van der Waals surface area contributed by atoms with Crippen molar-refractivity contribution in [3.63, 3.8) is 0 Å². The molecule has 7 heteroatoms. The van der Waals surface area contributed by atoms with Gasteiger partial charge in [0.2, 0.25) is 0 Å². The standard InChI is InChI=1S/C17H27N3O2S.HI/c1-4-23(21,22)13-11-19-16(18-3)20-12-10-17(2,14-20)15-8-6-5-7-9-15;/h5-9H,4,10-14H2,1-3H3,(H,18,19);1H. The zero-order chi connectivity index (χ0) is 16.9. The quantitative estimate of drug-likeness (QED) is 0.412. The molecule has 0 bridgehead atoms. The number of hydrogen-bond donors (Lipinski definition) is 1. The minimum atomic E-state index is -2.95. The molecule has 2 rings (SSSR count). The minimum absolute atomic E-state index is 0. The maximum atomic E-state index is 11.6. The third-order valence-electron chi connectivity index (χ3n) is 4.59. The van der Waals surface area contributed by atoms with Crippen molar-refractivity contribution in [3.8, 4) is 0 Å². The molecular formula is C17H28IN3O2S. The molecule has 0 aliphatic carbocycles. The van der Waals surface area contributed by atoms with Crippen LogP contribution in [0.3, 0.4) is 0 Å². The van der Waals surface area contributed by atoms with Crippen molar-refractivity contribution in [2.24, 2.45) is 4.99 Å². The highest BCUT2D eigenvalue weighted by Gasteiger charge is 2.36. The first-order valence-electron chi connectivity index (χ1n) is 8.12. The van der Waals surface area contributed by atoms with E-state index in [1.807, 2.05) is 6.07 Å². The van der Waals surface area contributed by atoms with Crippen LogP contribution in [0.5, 0.6) is 0 Å². The van der Waals surface area contributed by atoms with Crippen LogP contribution in [0.1, 0.15) is 25.8 Å². The average Bonchev–Trinajstić information content (AvgIpc) is 2.96. The van der Waals surface area contributed by atoms with Crippen LogP contribution >= 0.6 is 24.0 Å². The van der Waals surface area contributed by atoms with Crippen molar-refractivity contribution in [2.75, 3.05) is 38.2 Å². The van der Waals surface area contributed by atoms with Crippen molar-refractivity contribution in [1.82, 2.24) is 10.2 Å². The van der Waals surface area contributed by atoms with E-state index < -0.39 is 9.84 Å².